The number of carboxylic acid groups (broad SMARTS) is 1. The lowest BCUT2D eigenvalue weighted by atomic mass is 10.2. The Morgan fingerprint density at radius 3 is 2.35 bits per heavy atom. The highest BCUT2D eigenvalue weighted by molar-refractivity contribution is 5.93. The topological polar surface area (TPSA) is 123 Å². The molecule has 0 aliphatic carbocycles. The molecular formula is C19H24N3O4+. The van der Waals surface area contributed by atoms with Gasteiger partial charge >= 0.3 is 0 Å². The maximum Gasteiger partial charge on any atom is 0.230 e. The molecule has 26 heavy (non-hydrogen) atoms. The van der Waals surface area contributed by atoms with Gasteiger partial charge < -0.3 is 31.0 Å². The monoisotopic (exact) mass is 358 g/mol. The van der Waals surface area contributed by atoms with E-state index < -0.39 is 12.0 Å². The van der Waals surface area contributed by atoms with Crippen LogP contribution in [0.3, 0.4) is 0 Å². The van der Waals surface area contributed by atoms with E-state index in [0.717, 1.165) is 18.7 Å². The van der Waals surface area contributed by atoms with Crippen molar-refractivity contribution in [3.05, 3.63) is 54.6 Å². The Bertz CT molecular complexity index is 704. The van der Waals surface area contributed by atoms with Crippen LogP contribution in [0.5, 0.6) is 11.5 Å². The van der Waals surface area contributed by atoms with E-state index in [2.05, 4.69) is 11.1 Å². The van der Waals surface area contributed by atoms with Crippen molar-refractivity contribution in [3.8, 4) is 11.5 Å². The van der Waals surface area contributed by atoms with Gasteiger partial charge in [-0.15, -0.1) is 0 Å². The number of nitrogens with one attached hydrogen (secondary N) is 1. The van der Waals surface area contributed by atoms with Crippen LogP contribution in [0.2, 0.25) is 0 Å². The standard InChI is InChI=1S/C19H23N3O4/c20-11-4-12-21-17(19(24)25)13-18(23)22-14-7-9-16(10-8-14)26-15-5-2-1-3-6-15/h1-3,5-10,17,21H,4,11-13,20H2,(H,22,23)(H,24,25)/p+1/t17-/m1/s1. The Kier molecular flexibility index (Phi) is 7.60. The number of rotatable bonds is 10. The molecule has 7 nitrogen and oxygen atoms in total. The predicted octanol–water partition coefficient (Wildman–Crippen LogP) is -0.879. The minimum absolute atomic E-state index is 0.151. The van der Waals surface area contributed by atoms with E-state index in [1.165, 1.54) is 0 Å². The van der Waals surface area contributed by atoms with Gasteiger partial charge in [-0.2, -0.15) is 0 Å². The van der Waals surface area contributed by atoms with Crippen LogP contribution in [0.4, 0.5) is 5.69 Å². The van der Waals surface area contributed by atoms with Crippen molar-refractivity contribution in [1.82, 2.24) is 0 Å². The molecule has 0 heterocycles. The fourth-order valence-corrected chi connectivity index (χ4v) is 2.37. The number of nitrogens with two attached hydrogens (primary N) is 1. The minimum Gasteiger partial charge on any atom is -0.544 e. The number of quaternary nitrogens is 2. The van der Waals surface area contributed by atoms with Crippen molar-refractivity contribution >= 4 is 17.6 Å². The molecule has 7 heteroatoms. The molecule has 0 aliphatic heterocycles. The molecule has 1 amide bonds. The molecule has 138 valence electrons. The molecule has 2 aromatic rings. The van der Waals surface area contributed by atoms with Gasteiger partial charge in [-0.05, 0) is 36.4 Å². The molecule has 0 saturated carbocycles. The number of amides is 1. The van der Waals surface area contributed by atoms with Gasteiger partial charge in [-0.1, -0.05) is 18.2 Å². The summed E-state index contributed by atoms with van der Waals surface area (Å²) >= 11 is 0. The normalized spacial score (nSPS) is 11.6. The zero-order chi connectivity index (χ0) is 18.8. The third kappa shape index (κ3) is 6.54. The number of aliphatic carboxylic acids is 1. The van der Waals surface area contributed by atoms with Gasteiger partial charge in [-0.25, -0.2) is 0 Å². The molecule has 1 atom stereocenters. The molecule has 0 radical (unpaired) electrons. The molecule has 0 saturated heterocycles. The first kappa shape index (κ1) is 19.4. The van der Waals surface area contributed by atoms with E-state index in [9.17, 15) is 14.7 Å². The number of para-hydroxylation sites is 1. The summed E-state index contributed by atoms with van der Waals surface area (Å²) in [5.41, 5.74) is 4.28. The Labute approximate surface area is 152 Å². The summed E-state index contributed by atoms with van der Waals surface area (Å²) in [6.07, 6.45) is 0.635. The Balaban J connectivity index is 1.87. The van der Waals surface area contributed by atoms with Gasteiger partial charge in [0.15, 0.2) is 0 Å². The van der Waals surface area contributed by atoms with E-state index in [1.54, 1.807) is 29.6 Å². The summed E-state index contributed by atoms with van der Waals surface area (Å²) in [6, 6.07) is 15.3. The number of carbonyl (C=O) groups excluding carboxylic acids is 2. The summed E-state index contributed by atoms with van der Waals surface area (Å²) in [5.74, 6) is -0.250. The molecule has 0 spiro atoms. The second kappa shape index (κ2) is 10.2. The molecule has 2 rings (SSSR count). The zero-order valence-electron chi connectivity index (χ0n) is 14.5. The smallest absolute Gasteiger partial charge is 0.230 e. The van der Waals surface area contributed by atoms with Gasteiger partial charge in [-0.3, -0.25) is 4.79 Å². The fourth-order valence-electron chi connectivity index (χ4n) is 2.37. The highest BCUT2D eigenvalue weighted by Gasteiger charge is 2.18. The van der Waals surface area contributed by atoms with Gasteiger partial charge in [0.1, 0.15) is 17.5 Å². The molecule has 0 unspecified atom stereocenters. The lowest BCUT2D eigenvalue weighted by Crippen LogP contribution is -2.93. The van der Waals surface area contributed by atoms with E-state index in [1.807, 2.05) is 30.3 Å². The zero-order valence-corrected chi connectivity index (χ0v) is 14.5. The molecule has 0 aliphatic rings. The van der Waals surface area contributed by atoms with Crippen molar-refractivity contribution in [1.29, 1.82) is 0 Å². The summed E-state index contributed by atoms with van der Waals surface area (Å²) in [5, 5.41) is 15.4. The van der Waals surface area contributed by atoms with Crippen molar-refractivity contribution < 1.29 is 30.5 Å². The number of hydrogen-bond donors (Lipinski definition) is 3. The average molecular weight is 358 g/mol. The molecule has 0 bridgehead atoms. The van der Waals surface area contributed by atoms with Crippen LogP contribution in [0.15, 0.2) is 54.6 Å². The number of carbonyl (C=O) groups is 2. The first-order valence-corrected chi connectivity index (χ1v) is 8.54. The lowest BCUT2D eigenvalue weighted by Gasteiger charge is -2.16. The Hall–Kier alpha value is -2.90. The predicted molar refractivity (Wildman–Crippen MR) is 94.2 cm³/mol. The summed E-state index contributed by atoms with van der Waals surface area (Å²) in [7, 11) is 0. The largest absolute Gasteiger partial charge is 0.544 e. The number of anilines is 1. The maximum absolute atomic E-state index is 12.1. The quantitative estimate of drug-likeness (QED) is 0.477. The lowest BCUT2D eigenvalue weighted by molar-refractivity contribution is -0.684. The molecule has 0 fully saturated rings. The summed E-state index contributed by atoms with van der Waals surface area (Å²) < 4.78 is 5.68. The second-order valence-corrected chi connectivity index (χ2v) is 5.85. The van der Waals surface area contributed by atoms with E-state index in [0.29, 0.717) is 18.0 Å². The number of hydrogen-bond acceptors (Lipinski definition) is 4. The van der Waals surface area contributed by atoms with E-state index in [4.69, 9.17) is 4.74 Å². The Morgan fingerprint density at radius 1 is 1.08 bits per heavy atom. The third-order valence-corrected chi connectivity index (χ3v) is 3.73. The van der Waals surface area contributed by atoms with Crippen molar-refractivity contribution in [2.24, 2.45) is 0 Å². The van der Waals surface area contributed by atoms with Crippen molar-refractivity contribution in [3.63, 3.8) is 0 Å². The van der Waals surface area contributed by atoms with E-state index >= 15 is 0 Å². The summed E-state index contributed by atoms with van der Waals surface area (Å²) in [4.78, 5) is 23.2. The first-order valence-electron chi connectivity index (χ1n) is 8.54. The number of carboxylic acids is 1. The number of ether oxygens (including phenoxy) is 1. The molecule has 0 aromatic heterocycles. The van der Waals surface area contributed by atoms with Crippen molar-refractivity contribution in [2.45, 2.75) is 18.9 Å². The molecule has 2 aromatic carbocycles. The van der Waals surface area contributed by atoms with Gasteiger partial charge in [0, 0.05) is 12.1 Å². The van der Waals surface area contributed by atoms with Crippen LogP contribution in [0.25, 0.3) is 0 Å². The van der Waals surface area contributed by atoms with Crippen LogP contribution in [-0.4, -0.2) is 31.0 Å². The minimum atomic E-state index is -1.24. The summed E-state index contributed by atoms with van der Waals surface area (Å²) in [6.45, 7) is 1.32. The van der Waals surface area contributed by atoms with E-state index in [-0.39, 0.29) is 12.3 Å². The second-order valence-electron chi connectivity index (χ2n) is 5.85. The van der Waals surface area contributed by atoms with Crippen LogP contribution in [-0.2, 0) is 9.59 Å². The van der Waals surface area contributed by atoms with Gasteiger partial charge in [0.25, 0.3) is 0 Å². The third-order valence-electron chi connectivity index (χ3n) is 3.73. The first-order chi connectivity index (χ1) is 12.6. The average Bonchev–Trinajstić information content (AvgIpc) is 2.63. The fraction of sp³-hybridized carbons (Fsp3) is 0.263. The van der Waals surface area contributed by atoms with Crippen LogP contribution in [0, 0.1) is 0 Å². The number of benzene rings is 2. The highest BCUT2D eigenvalue weighted by Crippen LogP contribution is 2.22. The maximum atomic E-state index is 12.1. The van der Waals surface area contributed by atoms with Crippen LogP contribution in [0.1, 0.15) is 12.8 Å². The van der Waals surface area contributed by atoms with Gasteiger partial charge in [0.05, 0.1) is 25.5 Å². The molecule has 6 N–H and O–H groups in total. The van der Waals surface area contributed by atoms with Crippen molar-refractivity contribution in [2.75, 3.05) is 18.4 Å². The highest BCUT2D eigenvalue weighted by atomic mass is 16.5. The van der Waals surface area contributed by atoms with Crippen LogP contribution >= 0.6 is 0 Å². The molecular weight excluding hydrogens is 334 g/mol. The van der Waals surface area contributed by atoms with Crippen LogP contribution < -0.4 is 26.2 Å². The van der Waals surface area contributed by atoms with Gasteiger partial charge in [0.2, 0.25) is 5.91 Å². The SMILES string of the molecule is [NH3+]CCC[NH2+][C@H](CC(=O)Nc1ccc(Oc2ccccc2)cc1)C(=O)[O-]. The Morgan fingerprint density at radius 2 is 1.73 bits per heavy atom.